The highest BCUT2D eigenvalue weighted by Crippen LogP contribution is 2.25. The van der Waals surface area contributed by atoms with Crippen LogP contribution in [0.3, 0.4) is 0 Å². The van der Waals surface area contributed by atoms with Crippen molar-refractivity contribution in [2.24, 2.45) is 0 Å². The zero-order valence-electron chi connectivity index (χ0n) is 18.6. The Kier molecular flexibility index (Phi) is 6.87. The van der Waals surface area contributed by atoms with Gasteiger partial charge in [0.05, 0.1) is 11.1 Å². The number of ketones is 2. The molecule has 0 aliphatic heterocycles. The molecule has 0 radical (unpaired) electrons. The van der Waals surface area contributed by atoms with Crippen molar-refractivity contribution in [3.05, 3.63) is 105 Å². The first-order valence-electron chi connectivity index (χ1n) is 10.5. The van der Waals surface area contributed by atoms with Gasteiger partial charge in [-0.15, -0.1) is 0 Å². The molecule has 0 aliphatic carbocycles. The van der Waals surface area contributed by atoms with Crippen molar-refractivity contribution in [3.8, 4) is 0 Å². The summed E-state index contributed by atoms with van der Waals surface area (Å²) in [5.74, 6) is -3.81. The molecule has 3 aromatic rings. The van der Waals surface area contributed by atoms with E-state index < -0.39 is 34.6 Å². The minimum absolute atomic E-state index is 0.221. The number of hydrogen-bond acceptors (Lipinski definition) is 4. The molecule has 3 rings (SSSR count). The van der Waals surface area contributed by atoms with Crippen LogP contribution in [0.4, 0.5) is 0 Å². The molecule has 1 atom stereocenters. The van der Waals surface area contributed by atoms with Gasteiger partial charge in [-0.3, -0.25) is 9.59 Å². The van der Waals surface area contributed by atoms with Crippen molar-refractivity contribution in [3.63, 3.8) is 0 Å². The molecule has 6 nitrogen and oxygen atoms in total. The maximum atomic E-state index is 13.1. The van der Waals surface area contributed by atoms with Crippen LogP contribution in [-0.2, 0) is 0 Å². The van der Waals surface area contributed by atoms with Crippen LogP contribution >= 0.6 is 0 Å². The van der Waals surface area contributed by atoms with Gasteiger partial charge in [0.2, 0.25) is 0 Å². The molecule has 0 saturated heterocycles. The Balaban J connectivity index is 2.12. The largest absolute Gasteiger partial charge is 0.478 e. The van der Waals surface area contributed by atoms with E-state index >= 15 is 0 Å². The van der Waals surface area contributed by atoms with Gasteiger partial charge in [0.25, 0.3) is 0 Å². The SMILES string of the molecule is CCC(C)c1ccc(C(=O)c2cc(C(=O)O)c(C(=O)c3ccc(C)cc3)cc2C(=O)O)cc1. The van der Waals surface area contributed by atoms with Gasteiger partial charge < -0.3 is 10.2 Å². The van der Waals surface area contributed by atoms with Crippen molar-refractivity contribution in [2.45, 2.75) is 33.1 Å². The summed E-state index contributed by atoms with van der Waals surface area (Å²) in [5.41, 5.74) is 0.993. The number of carboxylic acids is 2. The van der Waals surface area contributed by atoms with Crippen LogP contribution in [0.2, 0.25) is 0 Å². The third kappa shape index (κ3) is 4.90. The minimum atomic E-state index is -1.43. The monoisotopic (exact) mass is 444 g/mol. The first-order valence-corrected chi connectivity index (χ1v) is 10.5. The van der Waals surface area contributed by atoms with Crippen LogP contribution < -0.4 is 0 Å². The highest BCUT2D eigenvalue weighted by Gasteiger charge is 2.26. The predicted octanol–water partition coefficient (Wildman–Crippen LogP) is 5.37. The number of rotatable bonds is 8. The molecule has 168 valence electrons. The first kappa shape index (κ1) is 23.6. The van der Waals surface area contributed by atoms with E-state index in [0.29, 0.717) is 5.92 Å². The van der Waals surface area contributed by atoms with Crippen molar-refractivity contribution in [1.29, 1.82) is 0 Å². The lowest BCUT2D eigenvalue weighted by Gasteiger charge is -2.13. The van der Waals surface area contributed by atoms with Crippen LogP contribution in [0.25, 0.3) is 0 Å². The summed E-state index contributed by atoms with van der Waals surface area (Å²) in [6, 6.07) is 15.3. The van der Waals surface area contributed by atoms with Gasteiger partial charge in [-0.05, 0) is 37.0 Å². The van der Waals surface area contributed by atoms with Crippen LogP contribution in [0, 0.1) is 6.92 Å². The fraction of sp³-hybridized carbons (Fsp3) is 0.185. The number of aromatic carboxylic acids is 2. The summed E-state index contributed by atoms with van der Waals surface area (Å²) in [4.78, 5) is 50.1. The molecule has 6 heteroatoms. The average molecular weight is 444 g/mol. The van der Waals surface area contributed by atoms with Gasteiger partial charge in [0.15, 0.2) is 11.6 Å². The average Bonchev–Trinajstić information content (AvgIpc) is 2.82. The molecule has 33 heavy (non-hydrogen) atoms. The molecule has 0 amide bonds. The molecule has 0 spiro atoms. The number of hydrogen-bond donors (Lipinski definition) is 2. The quantitative estimate of drug-likeness (QED) is 0.452. The van der Waals surface area contributed by atoms with Crippen LogP contribution in [0.15, 0.2) is 60.7 Å². The second-order valence-electron chi connectivity index (χ2n) is 8.01. The number of carboxylic acid groups (broad SMARTS) is 2. The third-order valence-electron chi connectivity index (χ3n) is 5.78. The summed E-state index contributed by atoms with van der Waals surface area (Å²) in [5, 5.41) is 19.5. The smallest absolute Gasteiger partial charge is 0.336 e. The Morgan fingerprint density at radius 2 is 1.09 bits per heavy atom. The Hall–Kier alpha value is -4.06. The van der Waals surface area contributed by atoms with E-state index in [4.69, 9.17) is 0 Å². The van der Waals surface area contributed by atoms with E-state index in [1.54, 1.807) is 48.5 Å². The second-order valence-corrected chi connectivity index (χ2v) is 8.01. The maximum absolute atomic E-state index is 13.1. The number of carbonyl (C=O) groups is 4. The topological polar surface area (TPSA) is 109 Å². The van der Waals surface area contributed by atoms with Crippen LogP contribution in [0.5, 0.6) is 0 Å². The van der Waals surface area contributed by atoms with E-state index in [-0.39, 0.29) is 22.3 Å². The van der Waals surface area contributed by atoms with Crippen molar-refractivity contribution >= 4 is 23.5 Å². The lowest BCUT2D eigenvalue weighted by atomic mass is 9.89. The molecular formula is C27H24O6. The van der Waals surface area contributed by atoms with Gasteiger partial charge >= 0.3 is 11.9 Å². The standard InChI is InChI=1S/C27H24O6/c1-4-16(3)17-9-11-19(12-10-17)25(29)21-14-22(26(30)31)20(13-23(21)27(32)33)24(28)18-7-5-15(2)6-8-18/h5-14,16H,4H2,1-3H3,(H,30,31)(H,32,33). The Labute approximate surface area is 191 Å². The molecule has 1 unspecified atom stereocenters. The van der Waals surface area contributed by atoms with E-state index in [0.717, 1.165) is 29.7 Å². The highest BCUT2D eigenvalue weighted by atomic mass is 16.4. The fourth-order valence-corrected chi connectivity index (χ4v) is 3.54. The maximum Gasteiger partial charge on any atom is 0.336 e. The van der Waals surface area contributed by atoms with Crippen LogP contribution in [0.1, 0.15) is 89.9 Å². The summed E-state index contributed by atoms with van der Waals surface area (Å²) >= 11 is 0. The zero-order chi connectivity index (χ0) is 24.3. The highest BCUT2D eigenvalue weighted by molar-refractivity contribution is 6.19. The minimum Gasteiger partial charge on any atom is -0.478 e. The molecule has 0 fully saturated rings. The molecule has 3 aromatic carbocycles. The van der Waals surface area contributed by atoms with Crippen molar-refractivity contribution < 1.29 is 29.4 Å². The van der Waals surface area contributed by atoms with Crippen LogP contribution in [-0.4, -0.2) is 33.7 Å². The summed E-state index contributed by atoms with van der Waals surface area (Å²) in [6.45, 7) is 5.95. The Bertz CT molecular complexity index is 1240. The van der Waals surface area contributed by atoms with Gasteiger partial charge in [-0.25, -0.2) is 9.59 Å². The van der Waals surface area contributed by atoms with E-state index in [1.165, 1.54) is 0 Å². The number of benzene rings is 3. The summed E-state index contributed by atoms with van der Waals surface area (Å²) < 4.78 is 0. The Morgan fingerprint density at radius 3 is 1.45 bits per heavy atom. The molecule has 2 N–H and O–H groups in total. The molecule has 0 aromatic heterocycles. The molecule has 0 saturated carbocycles. The van der Waals surface area contributed by atoms with E-state index in [2.05, 4.69) is 13.8 Å². The van der Waals surface area contributed by atoms with Gasteiger partial charge in [0, 0.05) is 22.3 Å². The lowest BCUT2D eigenvalue weighted by Crippen LogP contribution is -2.17. The molecule has 0 aliphatic rings. The fourth-order valence-electron chi connectivity index (χ4n) is 3.54. The molecule has 0 bridgehead atoms. The zero-order valence-corrected chi connectivity index (χ0v) is 18.6. The van der Waals surface area contributed by atoms with E-state index in [9.17, 15) is 29.4 Å². The number of carbonyl (C=O) groups excluding carboxylic acids is 2. The normalized spacial score (nSPS) is 11.6. The van der Waals surface area contributed by atoms with Gasteiger partial charge in [0.1, 0.15) is 0 Å². The van der Waals surface area contributed by atoms with Gasteiger partial charge in [-0.1, -0.05) is 67.9 Å². The summed E-state index contributed by atoms with van der Waals surface area (Å²) in [6.07, 6.45) is 0.925. The Morgan fingerprint density at radius 1 is 0.697 bits per heavy atom. The van der Waals surface area contributed by atoms with Crippen molar-refractivity contribution in [1.82, 2.24) is 0 Å². The lowest BCUT2D eigenvalue weighted by molar-refractivity contribution is 0.0677. The molecular weight excluding hydrogens is 420 g/mol. The predicted molar refractivity (Wildman–Crippen MR) is 124 cm³/mol. The van der Waals surface area contributed by atoms with Crippen molar-refractivity contribution in [2.75, 3.05) is 0 Å². The summed E-state index contributed by atoms with van der Waals surface area (Å²) in [7, 11) is 0. The van der Waals surface area contributed by atoms with Gasteiger partial charge in [-0.2, -0.15) is 0 Å². The third-order valence-corrected chi connectivity index (χ3v) is 5.78. The number of aryl methyl sites for hydroxylation is 1. The second kappa shape index (κ2) is 9.61. The van der Waals surface area contributed by atoms with E-state index in [1.807, 2.05) is 6.92 Å². The first-order chi connectivity index (χ1) is 15.6. The molecule has 0 heterocycles.